The van der Waals surface area contributed by atoms with E-state index in [1.54, 1.807) is 6.92 Å². The Balaban J connectivity index is 2.11. The molecule has 0 aromatic carbocycles. The van der Waals surface area contributed by atoms with Crippen LogP contribution in [0.1, 0.15) is 39.0 Å². The Bertz CT molecular complexity index is 619. The van der Waals surface area contributed by atoms with Crippen molar-refractivity contribution in [1.29, 1.82) is 0 Å². The first kappa shape index (κ1) is 23.6. The third kappa shape index (κ3) is 8.10. The molecule has 9 heteroatoms. The first-order chi connectivity index (χ1) is 13.3. The van der Waals surface area contributed by atoms with Gasteiger partial charge in [0, 0.05) is 38.3 Å². The molecule has 1 saturated heterocycles. The van der Waals surface area contributed by atoms with Gasteiger partial charge in [0.05, 0.1) is 12.6 Å². The fraction of sp³-hybridized carbons (Fsp3) is 0.632. The first-order valence-electron chi connectivity index (χ1n) is 9.35. The molecule has 0 radical (unpaired) electrons. The number of nitrogens with zero attached hydrogens (tertiary/aromatic N) is 1. The van der Waals surface area contributed by atoms with Crippen molar-refractivity contribution < 1.29 is 28.7 Å². The third-order valence-corrected chi connectivity index (χ3v) is 4.30. The van der Waals surface area contributed by atoms with E-state index in [9.17, 15) is 24.0 Å². The highest BCUT2D eigenvalue weighted by Crippen LogP contribution is 2.18. The summed E-state index contributed by atoms with van der Waals surface area (Å²) < 4.78 is 5.23. The minimum absolute atomic E-state index is 0.115. The van der Waals surface area contributed by atoms with Crippen LogP contribution < -0.4 is 11.1 Å². The van der Waals surface area contributed by atoms with Crippen molar-refractivity contribution in [3.63, 3.8) is 0 Å². The van der Waals surface area contributed by atoms with Gasteiger partial charge in [0.15, 0.2) is 11.6 Å². The minimum Gasteiger partial charge on any atom is -0.374 e. The Kier molecular flexibility index (Phi) is 10.3. The zero-order valence-corrected chi connectivity index (χ0v) is 16.3. The Hall–Kier alpha value is -2.39. The average Bonchev–Trinajstić information content (AvgIpc) is 2.89. The molecule has 0 bridgehead atoms. The van der Waals surface area contributed by atoms with Crippen LogP contribution in [0.5, 0.6) is 0 Å². The van der Waals surface area contributed by atoms with Crippen LogP contribution in [0, 0.1) is 5.92 Å². The monoisotopic (exact) mass is 395 g/mol. The SMILES string of the molecule is C=CCNC(=O)C(N)CCC(=O)COCCCC(=O)CN1C(=O)CC(C)C1=O. The van der Waals surface area contributed by atoms with Gasteiger partial charge in [0.25, 0.3) is 0 Å². The van der Waals surface area contributed by atoms with E-state index < -0.39 is 6.04 Å². The second-order valence-corrected chi connectivity index (χ2v) is 6.84. The summed E-state index contributed by atoms with van der Waals surface area (Å²) in [7, 11) is 0. The molecule has 1 heterocycles. The van der Waals surface area contributed by atoms with Crippen LogP contribution in [0.15, 0.2) is 12.7 Å². The third-order valence-electron chi connectivity index (χ3n) is 4.30. The quantitative estimate of drug-likeness (QED) is 0.235. The fourth-order valence-corrected chi connectivity index (χ4v) is 2.65. The summed E-state index contributed by atoms with van der Waals surface area (Å²) in [5.74, 6) is -1.73. The summed E-state index contributed by atoms with van der Waals surface area (Å²) in [6, 6.07) is -0.764. The number of Topliss-reactive ketones (excluding diaryl/α,β-unsaturated/α-hetero) is 2. The molecule has 3 N–H and O–H groups in total. The standard InChI is InChI=1S/C19H29N3O6/c1-3-8-21-18(26)16(20)7-6-15(24)12-28-9-4-5-14(23)11-22-17(25)10-13(2)19(22)27/h3,13,16H,1,4-12,20H2,2H3,(H,21,26). The number of nitrogens with two attached hydrogens (primary N) is 1. The molecule has 0 saturated carbocycles. The van der Waals surface area contributed by atoms with Gasteiger partial charge >= 0.3 is 0 Å². The van der Waals surface area contributed by atoms with Crippen molar-refractivity contribution in [2.45, 2.75) is 45.1 Å². The molecule has 0 aromatic rings. The van der Waals surface area contributed by atoms with Gasteiger partial charge in [0.1, 0.15) is 6.61 Å². The number of ketones is 2. The lowest BCUT2D eigenvalue weighted by atomic mass is 10.1. The van der Waals surface area contributed by atoms with Gasteiger partial charge < -0.3 is 15.8 Å². The lowest BCUT2D eigenvalue weighted by molar-refractivity contribution is -0.142. The van der Waals surface area contributed by atoms with Crippen molar-refractivity contribution in [3.05, 3.63) is 12.7 Å². The molecule has 1 rings (SSSR count). The summed E-state index contributed by atoms with van der Waals surface area (Å²) in [5, 5.41) is 2.56. The van der Waals surface area contributed by atoms with Crippen molar-refractivity contribution in [1.82, 2.24) is 10.2 Å². The molecule has 156 valence electrons. The molecule has 1 fully saturated rings. The number of carbonyl (C=O) groups is 5. The maximum atomic E-state index is 11.9. The number of ether oxygens (including phenoxy) is 1. The maximum absolute atomic E-state index is 11.9. The molecular formula is C19H29N3O6. The number of hydrogen-bond donors (Lipinski definition) is 2. The maximum Gasteiger partial charge on any atom is 0.237 e. The molecule has 1 aliphatic heterocycles. The predicted octanol–water partition coefficient (Wildman–Crippen LogP) is -0.274. The molecule has 28 heavy (non-hydrogen) atoms. The van der Waals surface area contributed by atoms with Crippen LogP contribution in [-0.2, 0) is 28.7 Å². The second-order valence-electron chi connectivity index (χ2n) is 6.84. The van der Waals surface area contributed by atoms with E-state index in [0.717, 1.165) is 4.90 Å². The summed E-state index contributed by atoms with van der Waals surface area (Å²) in [6.45, 7) is 5.36. The molecule has 0 aliphatic carbocycles. The largest absolute Gasteiger partial charge is 0.374 e. The predicted molar refractivity (Wildman–Crippen MR) is 101 cm³/mol. The molecule has 9 nitrogen and oxygen atoms in total. The number of rotatable bonds is 14. The van der Waals surface area contributed by atoms with Crippen LogP contribution in [0.3, 0.4) is 0 Å². The molecule has 0 aromatic heterocycles. The Morgan fingerprint density at radius 2 is 2.04 bits per heavy atom. The summed E-state index contributed by atoms with van der Waals surface area (Å²) in [4.78, 5) is 59.6. The van der Waals surface area contributed by atoms with Gasteiger partial charge in [-0.2, -0.15) is 0 Å². The number of amides is 3. The Morgan fingerprint density at radius 3 is 2.64 bits per heavy atom. The molecule has 3 amide bonds. The van der Waals surface area contributed by atoms with Crippen molar-refractivity contribution in [2.24, 2.45) is 11.7 Å². The van der Waals surface area contributed by atoms with E-state index in [1.807, 2.05) is 0 Å². The summed E-state index contributed by atoms with van der Waals surface area (Å²) in [5.41, 5.74) is 5.68. The van der Waals surface area contributed by atoms with E-state index in [-0.39, 0.29) is 80.6 Å². The smallest absolute Gasteiger partial charge is 0.237 e. The van der Waals surface area contributed by atoms with E-state index in [0.29, 0.717) is 13.0 Å². The number of carbonyl (C=O) groups excluding carboxylic acids is 5. The van der Waals surface area contributed by atoms with Crippen LogP contribution in [0.2, 0.25) is 0 Å². The number of nitrogens with one attached hydrogen (secondary N) is 1. The van der Waals surface area contributed by atoms with Gasteiger partial charge in [-0.1, -0.05) is 13.0 Å². The highest BCUT2D eigenvalue weighted by molar-refractivity contribution is 6.05. The van der Waals surface area contributed by atoms with Crippen LogP contribution in [-0.4, -0.2) is 66.5 Å². The zero-order chi connectivity index (χ0) is 21.1. The first-order valence-corrected chi connectivity index (χ1v) is 9.35. The van der Waals surface area contributed by atoms with Crippen molar-refractivity contribution in [3.8, 4) is 0 Å². The van der Waals surface area contributed by atoms with Crippen molar-refractivity contribution in [2.75, 3.05) is 26.3 Å². The zero-order valence-electron chi connectivity index (χ0n) is 16.3. The Labute approximate surface area is 164 Å². The molecule has 0 spiro atoms. The number of imide groups is 1. The fourth-order valence-electron chi connectivity index (χ4n) is 2.65. The van der Waals surface area contributed by atoms with Crippen LogP contribution in [0.4, 0.5) is 0 Å². The highest BCUT2D eigenvalue weighted by Gasteiger charge is 2.36. The lowest BCUT2D eigenvalue weighted by Gasteiger charge is -2.13. The molecule has 2 unspecified atom stereocenters. The topological polar surface area (TPSA) is 136 Å². The van der Waals surface area contributed by atoms with E-state index in [1.165, 1.54) is 6.08 Å². The Morgan fingerprint density at radius 1 is 1.32 bits per heavy atom. The van der Waals surface area contributed by atoms with Gasteiger partial charge in [-0.05, 0) is 12.8 Å². The van der Waals surface area contributed by atoms with Gasteiger partial charge in [-0.3, -0.25) is 28.9 Å². The lowest BCUT2D eigenvalue weighted by Crippen LogP contribution is -2.40. The molecule has 1 aliphatic rings. The van der Waals surface area contributed by atoms with E-state index in [2.05, 4.69) is 11.9 Å². The number of likely N-dealkylation sites (tertiary alicyclic amines) is 1. The average molecular weight is 395 g/mol. The molecular weight excluding hydrogens is 366 g/mol. The van der Waals surface area contributed by atoms with Gasteiger partial charge in [-0.25, -0.2) is 0 Å². The number of hydrogen-bond acceptors (Lipinski definition) is 7. The highest BCUT2D eigenvalue weighted by atomic mass is 16.5. The summed E-state index contributed by atoms with van der Waals surface area (Å²) >= 11 is 0. The molecule has 2 atom stereocenters. The van der Waals surface area contributed by atoms with Gasteiger partial charge in [0.2, 0.25) is 17.7 Å². The summed E-state index contributed by atoms with van der Waals surface area (Å²) in [6.07, 6.45) is 2.58. The normalized spacial score (nSPS) is 17.5. The van der Waals surface area contributed by atoms with Crippen LogP contribution in [0.25, 0.3) is 0 Å². The van der Waals surface area contributed by atoms with E-state index in [4.69, 9.17) is 10.5 Å². The van der Waals surface area contributed by atoms with Crippen molar-refractivity contribution >= 4 is 29.3 Å². The van der Waals surface area contributed by atoms with Gasteiger partial charge in [-0.15, -0.1) is 6.58 Å². The van der Waals surface area contributed by atoms with E-state index >= 15 is 0 Å². The minimum atomic E-state index is -0.764. The second kappa shape index (κ2) is 12.1. The van der Waals surface area contributed by atoms with Crippen LogP contribution >= 0.6 is 0 Å².